The van der Waals surface area contributed by atoms with E-state index in [-0.39, 0.29) is 0 Å². The summed E-state index contributed by atoms with van der Waals surface area (Å²) in [6, 6.07) is 7.78. The van der Waals surface area contributed by atoms with Gasteiger partial charge in [0.2, 0.25) is 0 Å². The summed E-state index contributed by atoms with van der Waals surface area (Å²) < 4.78 is 5.05. The van der Waals surface area contributed by atoms with Crippen LogP contribution in [-0.4, -0.2) is 31.9 Å². The molecule has 0 amide bonds. The summed E-state index contributed by atoms with van der Waals surface area (Å²) >= 11 is 0. The average molecular weight is 209 g/mol. The minimum absolute atomic E-state index is 0.328. The van der Waals surface area contributed by atoms with E-state index in [1.165, 1.54) is 0 Å². The summed E-state index contributed by atoms with van der Waals surface area (Å²) in [5.41, 5.74) is 1.14. The smallest absolute Gasteiger partial charge is 0.115 e. The predicted octanol–water partition coefficient (Wildman–Crippen LogP) is 1.56. The Hall–Kier alpha value is -1.06. The van der Waals surface area contributed by atoms with Crippen molar-refractivity contribution in [2.45, 2.75) is 18.9 Å². The summed E-state index contributed by atoms with van der Waals surface area (Å²) in [6.07, 6.45) is 1.89. The molecule has 1 atom stereocenters. The van der Waals surface area contributed by atoms with Gasteiger partial charge in [-0.1, -0.05) is 12.1 Å². The van der Waals surface area contributed by atoms with Gasteiger partial charge < -0.3 is 15.2 Å². The second-order valence-corrected chi connectivity index (χ2v) is 3.64. The molecule has 1 aromatic carbocycles. The van der Waals surface area contributed by atoms with Gasteiger partial charge >= 0.3 is 0 Å². The first-order chi connectivity index (χ1) is 7.26. The lowest BCUT2D eigenvalue weighted by Gasteiger charge is -2.15. The first-order valence-corrected chi connectivity index (χ1v) is 5.20. The van der Waals surface area contributed by atoms with Crippen molar-refractivity contribution in [2.24, 2.45) is 0 Å². The Kier molecular flexibility index (Phi) is 5.15. The second kappa shape index (κ2) is 6.43. The predicted molar refractivity (Wildman–Crippen MR) is 61.2 cm³/mol. The fourth-order valence-electron chi connectivity index (χ4n) is 1.58. The van der Waals surface area contributed by atoms with Crippen molar-refractivity contribution in [3.63, 3.8) is 0 Å². The molecule has 0 saturated heterocycles. The molecule has 84 valence electrons. The maximum Gasteiger partial charge on any atom is 0.115 e. The van der Waals surface area contributed by atoms with E-state index in [0.29, 0.717) is 11.8 Å². The highest BCUT2D eigenvalue weighted by atomic mass is 16.5. The van der Waals surface area contributed by atoms with Gasteiger partial charge in [0, 0.05) is 19.8 Å². The van der Waals surface area contributed by atoms with Crippen molar-refractivity contribution in [2.75, 3.05) is 20.8 Å². The molecule has 2 N–H and O–H groups in total. The van der Waals surface area contributed by atoms with E-state index < -0.39 is 0 Å². The lowest BCUT2D eigenvalue weighted by Crippen LogP contribution is -2.28. The van der Waals surface area contributed by atoms with Crippen LogP contribution >= 0.6 is 0 Å². The molecule has 3 heteroatoms. The van der Waals surface area contributed by atoms with Crippen molar-refractivity contribution < 1.29 is 9.84 Å². The first-order valence-electron chi connectivity index (χ1n) is 5.20. The van der Waals surface area contributed by atoms with Crippen LogP contribution in [0, 0.1) is 0 Å². The maximum absolute atomic E-state index is 9.33. The fraction of sp³-hybridized carbons (Fsp3) is 0.500. The van der Waals surface area contributed by atoms with Gasteiger partial charge in [-0.3, -0.25) is 0 Å². The number of rotatable bonds is 6. The number of aromatic hydroxyl groups is 1. The molecule has 1 aromatic rings. The third kappa shape index (κ3) is 4.32. The van der Waals surface area contributed by atoms with Crippen LogP contribution in [0.4, 0.5) is 0 Å². The SMILES string of the molecule is CNC(CCOC)Cc1cccc(O)c1. The van der Waals surface area contributed by atoms with Crippen LogP contribution in [0.25, 0.3) is 0 Å². The molecule has 0 fully saturated rings. The highest BCUT2D eigenvalue weighted by Crippen LogP contribution is 2.13. The van der Waals surface area contributed by atoms with Gasteiger partial charge in [-0.25, -0.2) is 0 Å². The number of nitrogens with one attached hydrogen (secondary N) is 1. The summed E-state index contributed by atoms with van der Waals surface area (Å²) in [5, 5.41) is 12.6. The molecular weight excluding hydrogens is 190 g/mol. The topological polar surface area (TPSA) is 41.5 Å². The second-order valence-electron chi connectivity index (χ2n) is 3.64. The molecule has 0 radical (unpaired) electrons. The molecule has 0 aliphatic rings. The molecular formula is C12H19NO2. The average Bonchev–Trinajstić information content (AvgIpc) is 2.24. The van der Waals surface area contributed by atoms with Crippen molar-refractivity contribution in [1.82, 2.24) is 5.32 Å². The van der Waals surface area contributed by atoms with Crippen LogP contribution in [0.2, 0.25) is 0 Å². The minimum Gasteiger partial charge on any atom is -0.508 e. The zero-order valence-corrected chi connectivity index (χ0v) is 9.36. The van der Waals surface area contributed by atoms with Crippen LogP contribution < -0.4 is 5.32 Å². The van der Waals surface area contributed by atoms with Gasteiger partial charge in [-0.05, 0) is 37.6 Å². The molecule has 0 aliphatic carbocycles. The van der Waals surface area contributed by atoms with Crippen molar-refractivity contribution >= 4 is 0 Å². The number of hydrogen-bond donors (Lipinski definition) is 2. The number of benzene rings is 1. The number of hydrogen-bond acceptors (Lipinski definition) is 3. The largest absolute Gasteiger partial charge is 0.508 e. The van der Waals surface area contributed by atoms with E-state index >= 15 is 0 Å². The zero-order chi connectivity index (χ0) is 11.1. The zero-order valence-electron chi connectivity index (χ0n) is 9.36. The quantitative estimate of drug-likeness (QED) is 0.747. The minimum atomic E-state index is 0.328. The molecule has 0 heterocycles. The molecule has 1 rings (SSSR count). The molecule has 1 unspecified atom stereocenters. The van der Waals surface area contributed by atoms with E-state index in [0.717, 1.165) is 25.0 Å². The van der Waals surface area contributed by atoms with E-state index in [4.69, 9.17) is 4.74 Å². The van der Waals surface area contributed by atoms with E-state index in [1.54, 1.807) is 19.2 Å². The highest BCUT2D eigenvalue weighted by molar-refractivity contribution is 5.27. The Bertz CT molecular complexity index is 289. The number of ether oxygens (including phenoxy) is 1. The number of methoxy groups -OCH3 is 1. The van der Waals surface area contributed by atoms with E-state index in [2.05, 4.69) is 5.32 Å². The standard InChI is InChI=1S/C12H19NO2/c1-13-11(6-7-15-2)8-10-4-3-5-12(14)9-10/h3-5,9,11,13-14H,6-8H2,1-2H3. The lowest BCUT2D eigenvalue weighted by atomic mass is 10.0. The summed E-state index contributed by atoms with van der Waals surface area (Å²) in [6.45, 7) is 0.754. The Morgan fingerprint density at radius 3 is 2.87 bits per heavy atom. The van der Waals surface area contributed by atoms with E-state index in [9.17, 15) is 5.11 Å². The highest BCUT2D eigenvalue weighted by Gasteiger charge is 2.06. The Morgan fingerprint density at radius 1 is 1.47 bits per heavy atom. The molecule has 15 heavy (non-hydrogen) atoms. The summed E-state index contributed by atoms with van der Waals surface area (Å²) in [5.74, 6) is 0.328. The Morgan fingerprint density at radius 2 is 2.27 bits per heavy atom. The molecule has 3 nitrogen and oxygen atoms in total. The van der Waals surface area contributed by atoms with Gasteiger partial charge in [0.15, 0.2) is 0 Å². The van der Waals surface area contributed by atoms with Crippen molar-refractivity contribution in [3.8, 4) is 5.75 Å². The molecule has 0 bridgehead atoms. The third-order valence-corrected chi connectivity index (χ3v) is 2.47. The number of likely N-dealkylation sites (N-methyl/N-ethyl adjacent to an activating group) is 1. The molecule has 0 saturated carbocycles. The first kappa shape index (κ1) is 12.0. The number of phenolic OH excluding ortho intramolecular Hbond substituents is 1. The van der Waals surface area contributed by atoms with Crippen molar-refractivity contribution in [1.29, 1.82) is 0 Å². The monoisotopic (exact) mass is 209 g/mol. The van der Waals surface area contributed by atoms with Crippen molar-refractivity contribution in [3.05, 3.63) is 29.8 Å². The maximum atomic E-state index is 9.33. The van der Waals surface area contributed by atoms with Crippen LogP contribution in [0.1, 0.15) is 12.0 Å². The van der Waals surface area contributed by atoms with Gasteiger partial charge in [0.1, 0.15) is 5.75 Å². The Balaban J connectivity index is 2.50. The number of phenols is 1. The van der Waals surface area contributed by atoms with Gasteiger partial charge in [-0.2, -0.15) is 0 Å². The van der Waals surface area contributed by atoms with Gasteiger partial charge in [0.05, 0.1) is 0 Å². The summed E-state index contributed by atoms with van der Waals surface area (Å²) in [4.78, 5) is 0. The molecule has 0 aliphatic heterocycles. The molecule has 0 aromatic heterocycles. The van der Waals surface area contributed by atoms with E-state index in [1.807, 2.05) is 19.2 Å². The van der Waals surface area contributed by atoms with Crippen LogP contribution in [0.3, 0.4) is 0 Å². The normalized spacial score (nSPS) is 12.7. The Labute approximate surface area is 91.1 Å². The van der Waals surface area contributed by atoms with Crippen LogP contribution in [0.15, 0.2) is 24.3 Å². The van der Waals surface area contributed by atoms with Gasteiger partial charge in [0.25, 0.3) is 0 Å². The van der Waals surface area contributed by atoms with Crippen LogP contribution in [-0.2, 0) is 11.2 Å². The summed E-state index contributed by atoms with van der Waals surface area (Å²) in [7, 11) is 3.66. The third-order valence-electron chi connectivity index (χ3n) is 2.47. The fourth-order valence-corrected chi connectivity index (χ4v) is 1.58. The lowest BCUT2D eigenvalue weighted by molar-refractivity contribution is 0.184. The molecule has 0 spiro atoms. The van der Waals surface area contributed by atoms with Crippen LogP contribution in [0.5, 0.6) is 5.75 Å². The van der Waals surface area contributed by atoms with Gasteiger partial charge in [-0.15, -0.1) is 0 Å².